The zero-order valence-corrected chi connectivity index (χ0v) is 10.8. The van der Waals surface area contributed by atoms with E-state index in [1.54, 1.807) is 19.3 Å². The molecule has 0 atom stereocenters. The van der Waals surface area contributed by atoms with E-state index in [0.29, 0.717) is 29.8 Å². The fourth-order valence-electron chi connectivity index (χ4n) is 1.72. The van der Waals surface area contributed by atoms with Gasteiger partial charge in [0, 0.05) is 23.2 Å². The van der Waals surface area contributed by atoms with Gasteiger partial charge in [-0.15, -0.1) is 0 Å². The molecule has 0 heterocycles. The van der Waals surface area contributed by atoms with Gasteiger partial charge in [-0.1, -0.05) is 6.08 Å². The Hall–Kier alpha value is -2.10. The Balaban J connectivity index is 2.91. The molecule has 18 heavy (non-hydrogen) atoms. The highest BCUT2D eigenvalue weighted by molar-refractivity contribution is 5.92. The Morgan fingerprint density at radius 2 is 2.17 bits per heavy atom. The molecular formula is C14H19N3O. The van der Waals surface area contributed by atoms with Gasteiger partial charge in [0.15, 0.2) is 0 Å². The molecule has 4 heteroatoms. The third-order valence-corrected chi connectivity index (χ3v) is 2.67. The van der Waals surface area contributed by atoms with E-state index in [0.717, 1.165) is 11.3 Å². The average Bonchev–Trinajstić information content (AvgIpc) is 2.36. The molecule has 0 aliphatic rings. The summed E-state index contributed by atoms with van der Waals surface area (Å²) in [6, 6.07) is 3.58. The van der Waals surface area contributed by atoms with E-state index < -0.39 is 0 Å². The van der Waals surface area contributed by atoms with Crippen molar-refractivity contribution >= 4 is 17.6 Å². The fourth-order valence-corrected chi connectivity index (χ4v) is 1.72. The minimum absolute atomic E-state index is 0.568. The first-order chi connectivity index (χ1) is 8.62. The average molecular weight is 245 g/mol. The Morgan fingerprint density at radius 3 is 2.72 bits per heavy atom. The number of rotatable bonds is 6. The summed E-state index contributed by atoms with van der Waals surface area (Å²) in [5, 5.41) is 15.0. The van der Waals surface area contributed by atoms with Crippen molar-refractivity contribution in [3.05, 3.63) is 35.4 Å². The van der Waals surface area contributed by atoms with Crippen molar-refractivity contribution in [2.45, 2.75) is 19.8 Å². The number of hydrogen-bond donors (Lipinski definition) is 3. The van der Waals surface area contributed by atoms with Gasteiger partial charge in [-0.3, -0.25) is 0 Å². The molecule has 0 aliphatic heterocycles. The highest BCUT2D eigenvalue weighted by atomic mass is 16.5. The lowest BCUT2D eigenvalue weighted by Crippen LogP contribution is -2.01. The lowest BCUT2D eigenvalue weighted by Gasteiger charge is -2.11. The highest BCUT2D eigenvalue weighted by Crippen LogP contribution is 2.25. The van der Waals surface area contributed by atoms with Gasteiger partial charge in [-0.25, -0.2) is 0 Å². The zero-order valence-electron chi connectivity index (χ0n) is 10.8. The van der Waals surface area contributed by atoms with E-state index in [9.17, 15) is 0 Å². The maximum atomic E-state index is 7.70. The number of nitrogens with two attached hydrogens (primary N) is 1. The van der Waals surface area contributed by atoms with Crippen LogP contribution < -0.4 is 10.5 Å². The van der Waals surface area contributed by atoms with Crippen LogP contribution in [0.25, 0.3) is 0 Å². The molecule has 0 amide bonds. The molecule has 0 unspecified atom stereocenters. The third-order valence-electron chi connectivity index (χ3n) is 2.67. The second kappa shape index (κ2) is 6.59. The molecular weight excluding hydrogens is 226 g/mol. The molecule has 0 fully saturated rings. The van der Waals surface area contributed by atoms with Crippen molar-refractivity contribution in [2.24, 2.45) is 0 Å². The Labute approximate surface area is 107 Å². The number of allylic oxidation sites excluding steroid dienone is 2. The van der Waals surface area contributed by atoms with Crippen LogP contribution in [0.1, 0.15) is 24.5 Å². The number of anilines is 1. The van der Waals surface area contributed by atoms with Crippen LogP contribution in [-0.4, -0.2) is 19.0 Å². The number of methoxy groups -OCH3 is 1. The smallest absolute Gasteiger partial charge is 0.122 e. The predicted octanol–water partition coefficient (Wildman–Crippen LogP) is 2.80. The van der Waals surface area contributed by atoms with Crippen LogP contribution in [0.2, 0.25) is 0 Å². The largest absolute Gasteiger partial charge is 0.496 e. The molecule has 0 saturated carbocycles. The summed E-state index contributed by atoms with van der Waals surface area (Å²) >= 11 is 0. The van der Waals surface area contributed by atoms with Crippen LogP contribution in [0.3, 0.4) is 0 Å². The number of benzene rings is 1. The quantitative estimate of drug-likeness (QED) is 0.532. The van der Waals surface area contributed by atoms with Gasteiger partial charge in [-0.2, -0.15) is 0 Å². The Kier molecular flexibility index (Phi) is 5.11. The third kappa shape index (κ3) is 3.45. The molecule has 4 N–H and O–H groups in total. The summed E-state index contributed by atoms with van der Waals surface area (Å²) in [5.74, 6) is 0.718. The van der Waals surface area contributed by atoms with E-state index in [2.05, 4.69) is 0 Å². The molecule has 0 spiro atoms. The zero-order chi connectivity index (χ0) is 13.5. The van der Waals surface area contributed by atoms with Gasteiger partial charge in [0.2, 0.25) is 0 Å². The predicted molar refractivity (Wildman–Crippen MR) is 76.2 cm³/mol. The van der Waals surface area contributed by atoms with Crippen LogP contribution in [0.15, 0.2) is 24.3 Å². The molecule has 4 nitrogen and oxygen atoms in total. The van der Waals surface area contributed by atoms with Crippen molar-refractivity contribution in [3.63, 3.8) is 0 Å². The SMILES string of the molecule is C/C=C\C(=N)CCc1cc(N)c(C=N)cc1OC. The summed E-state index contributed by atoms with van der Waals surface area (Å²) in [6.07, 6.45) is 6.19. The molecule has 1 aromatic rings. The van der Waals surface area contributed by atoms with Gasteiger partial charge in [0.25, 0.3) is 0 Å². The number of aryl methyl sites for hydroxylation is 1. The van der Waals surface area contributed by atoms with Crippen LogP contribution in [0.5, 0.6) is 5.75 Å². The van der Waals surface area contributed by atoms with Crippen LogP contribution in [0, 0.1) is 10.8 Å². The monoisotopic (exact) mass is 245 g/mol. The first-order valence-electron chi connectivity index (χ1n) is 5.79. The van der Waals surface area contributed by atoms with Gasteiger partial charge in [0.05, 0.1) is 7.11 Å². The molecule has 96 valence electrons. The summed E-state index contributed by atoms with van der Waals surface area (Å²) in [5.41, 5.74) is 8.61. The number of nitrogen functional groups attached to an aromatic ring is 1. The second-order valence-corrected chi connectivity index (χ2v) is 3.96. The first-order valence-corrected chi connectivity index (χ1v) is 5.79. The van der Waals surface area contributed by atoms with Crippen molar-refractivity contribution in [2.75, 3.05) is 12.8 Å². The maximum Gasteiger partial charge on any atom is 0.122 e. The number of nitrogens with one attached hydrogen (secondary N) is 2. The van der Waals surface area contributed by atoms with Crippen molar-refractivity contribution in [3.8, 4) is 5.75 Å². The van der Waals surface area contributed by atoms with Crippen molar-refractivity contribution in [1.29, 1.82) is 10.8 Å². The Morgan fingerprint density at radius 1 is 1.44 bits per heavy atom. The summed E-state index contributed by atoms with van der Waals surface area (Å²) < 4.78 is 5.29. The first kappa shape index (κ1) is 14.0. The lowest BCUT2D eigenvalue weighted by atomic mass is 10.0. The Bertz CT molecular complexity index is 478. The molecule has 0 aliphatic carbocycles. The van der Waals surface area contributed by atoms with Gasteiger partial charge in [-0.05, 0) is 43.5 Å². The standard InChI is InChI=1S/C14H19N3O/c1-3-4-12(16)6-5-10-7-13(17)11(9-15)8-14(10)18-2/h3-4,7-9,15-16H,5-6,17H2,1-2H3/b4-3-,15-9?,16-12?. The van der Waals surface area contributed by atoms with Crippen LogP contribution >= 0.6 is 0 Å². The molecule has 0 aromatic heterocycles. The summed E-state index contributed by atoms with van der Waals surface area (Å²) in [6.45, 7) is 1.89. The number of hydrogen-bond acceptors (Lipinski definition) is 4. The summed E-state index contributed by atoms with van der Waals surface area (Å²) in [4.78, 5) is 0. The number of ether oxygens (including phenoxy) is 1. The molecule has 1 aromatic carbocycles. The van der Waals surface area contributed by atoms with Crippen molar-refractivity contribution in [1.82, 2.24) is 0 Å². The lowest BCUT2D eigenvalue weighted by molar-refractivity contribution is 0.410. The molecule has 0 radical (unpaired) electrons. The van der Waals surface area contributed by atoms with E-state index >= 15 is 0 Å². The van der Waals surface area contributed by atoms with Crippen LogP contribution in [-0.2, 0) is 6.42 Å². The second-order valence-electron chi connectivity index (χ2n) is 3.96. The van der Waals surface area contributed by atoms with Gasteiger partial charge >= 0.3 is 0 Å². The van der Waals surface area contributed by atoms with E-state index in [1.165, 1.54) is 6.21 Å². The summed E-state index contributed by atoms with van der Waals surface area (Å²) in [7, 11) is 1.60. The van der Waals surface area contributed by atoms with E-state index in [4.69, 9.17) is 21.3 Å². The normalized spacial score (nSPS) is 10.6. The minimum Gasteiger partial charge on any atom is -0.496 e. The van der Waals surface area contributed by atoms with Gasteiger partial charge < -0.3 is 21.3 Å². The molecule has 0 saturated heterocycles. The fraction of sp³-hybridized carbons (Fsp3) is 0.286. The van der Waals surface area contributed by atoms with Gasteiger partial charge in [0.1, 0.15) is 5.75 Å². The van der Waals surface area contributed by atoms with E-state index in [-0.39, 0.29) is 0 Å². The van der Waals surface area contributed by atoms with Crippen LogP contribution in [0.4, 0.5) is 5.69 Å². The van der Waals surface area contributed by atoms with Crippen molar-refractivity contribution < 1.29 is 4.74 Å². The molecule has 0 bridgehead atoms. The highest BCUT2D eigenvalue weighted by Gasteiger charge is 2.08. The topological polar surface area (TPSA) is 83.0 Å². The maximum absolute atomic E-state index is 7.70. The minimum atomic E-state index is 0.568. The van der Waals surface area contributed by atoms with E-state index in [1.807, 2.05) is 19.1 Å². The molecule has 1 rings (SSSR count).